The van der Waals surface area contributed by atoms with Gasteiger partial charge >= 0.3 is 0 Å². The summed E-state index contributed by atoms with van der Waals surface area (Å²) < 4.78 is 5.49. The number of rotatable bonds is 2. The van der Waals surface area contributed by atoms with E-state index in [1.54, 1.807) is 0 Å². The lowest BCUT2D eigenvalue weighted by molar-refractivity contribution is 0.0529. The van der Waals surface area contributed by atoms with Crippen LogP contribution in [0.5, 0.6) is 0 Å². The molecule has 0 aromatic carbocycles. The summed E-state index contributed by atoms with van der Waals surface area (Å²) in [6.07, 6.45) is 0.241. The zero-order chi connectivity index (χ0) is 11.5. The summed E-state index contributed by atoms with van der Waals surface area (Å²) in [5, 5.41) is 0.625. The summed E-state index contributed by atoms with van der Waals surface area (Å²) in [7, 11) is 0. The van der Waals surface area contributed by atoms with E-state index in [4.69, 9.17) is 27.9 Å². The molecule has 0 bridgehead atoms. The van der Waals surface area contributed by atoms with Crippen molar-refractivity contribution in [1.29, 1.82) is 0 Å². The third-order valence-electron chi connectivity index (χ3n) is 2.60. The molecule has 1 atom stereocenters. The van der Waals surface area contributed by atoms with E-state index in [9.17, 15) is 0 Å². The number of alkyl halides is 1. The molecule has 16 heavy (non-hydrogen) atoms. The highest BCUT2D eigenvalue weighted by Crippen LogP contribution is 2.22. The van der Waals surface area contributed by atoms with Gasteiger partial charge in [0.05, 0.1) is 29.3 Å². The van der Waals surface area contributed by atoms with E-state index in [-0.39, 0.29) is 6.10 Å². The maximum absolute atomic E-state index is 5.97. The number of anilines is 1. The van der Waals surface area contributed by atoms with Gasteiger partial charge in [0.25, 0.3) is 0 Å². The first-order valence-corrected chi connectivity index (χ1v) is 6.20. The average molecular weight is 261 g/mol. The van der Waals surface area contributed by atoms with Crippen molar-refractivity contribution in [3.63, 3.8) is 0 Å². The van der Waals surface area contributed by atoms with Gasteiger partial charge in [0.1, 0.15) is 5.82 Å². The van der Waals surface area contributed by atoms with Crippen molar-refractivity contribution in [3.05, 3.63) is 22.8 Å². The standard InChI is InChI=1S/C11H14Cl2N2O/c1-8-7-15(4-5-16-8)11-3-2-9(13)10(6-12)14-11/h2-3,8H,4-7H2,1H3. The van der Waals surface area contributed by atoms with Crippen LogP contribution in [0.4, 0.5) is 5.82 Å². The summed E-state index contributed by atoms with van der Waals surface area (Å²) >= 11 is 11.8. The quantitative estimate of drug-likeness (QED) is 0.765. The Kier molecular flexibility index (Phi) is 3.90. The molecule has 2 heterocycles. The molecule has 0 N–H and O–H groups in total. The molecule has 5 heteroatoms. The van der Waals surface area contributed by atoms with Gasteiger partial charge in [-0.1, -0.05) is 11.6 Å². The summed E-state index contributed by atoms with van der Waals surface area (Å²) in [4.78, 5) is 6.65. The van der Waals surface area contributed by atoms with Crippen LogP contribution in [-0.2, 0) is 10.6 Å². The fraction of sp³-hybridized carbons (Fsp3) is 0.545. The molecule has 3 nitrogen and oxygen atoms in total. The fourth-order valence-electron chi connectivity index (χ4n) is 1.77. The Bertz CT molecular complexity index is 373. The van der Waals surface area contributed by atoms with Gasteiger partial charge in [0.2, 0.25) is 0 Å². The van der Waals surface area contributed by atoms with E-state index in [1.807, 2.05) is 12.1 Å². The van der Waals surface area contributed by atoms with Gasteiger partial charge in [-0.3, -0.25) is 0 Å². The van der Waals surface area contributed by atoms with Gasteiger partial charge in [-0.05, 0) is 19.1 Å². The zero-order valence-corrected chi connectivity index (χ0v) is 10.6. The van der Waals surface area contributed by atoms with Crippen molar-refractivity contribution in [2.45, 2.75) is 18.9 Å². The Morgan fingerprint density at radius 2 is 2.38 bits per heavy atom. The molecular formula is C11H14Cl2N2O. The van der Waals surface area contributed by atoms with Crippen molar-refractivity contribution in [1.82, 2.24) is 4.98 Å². The molecule has 0 saturated carbocycles. The van der Waals surface area contributed by atoms with E-state index in [1.165, 1.54) is 0 Å². The minimum Gasteiger partial charge on any atom is -0.375 e. The zero-order valence-electron chi connectivity index (χ0n) is 9.12. The molecule has 0 radical (unpaired) electrons. The van der Waals surface area contributed by atoms with Crippen molar-refractivity contribution in [2.75, 3.05) is 24.6 Å². The third kappa shape index (κ3) is 2.59. The monoisotopic (exact) mass is 260 g/mol. The van der Waals surface area contributed by atoms with Crippen LogP contribution in [0.25, 0.3) is 0 Å². The van der Waals surface area contributed by atoms with Crippen LogP contribution >= 0.6 is 23.2 Å². The van der Waals surface area contributed by atoms with Crippen LogP contribution in [0.2, 0.25) is 5.02 Å². The number of aromatic nitrogens is 1. The van der Waals surface area contributed by atoms with Crippen molar-refractivity contribution >= 4 is 29.0 Å². The third-order valence-corrected chi connectivity index (χ3v) is 3.19. The number of nitrogens with zero attached hydrogens (tertiary/aromatic N) is 2. The molecule has 0 amide bonds. The Balaban J connectivity index is 2.19. The molecule has 88 valence electrons. The molecule has 1 aliphatic rings. The summed E-state index contributed by atoms with van der Waals surface area (Å²) in [5.74, 6) is 1.27. The first kappa shape index (κ1) is 12.0. The maximum atomic E-state index is 5.97. The van der Waals surface area contributed by atoms with Crippen LogP contribution in [0.1, 0.15) is 12.6 Å². The molecule has 1 fully saturated rings. The Hall–Kier alpha value is -0.510. The molecule has 2 rings (SSSR count). The highest BCUT2D eigenvalue weighted by Gasteiger charge is 2.18. The van der Waals surface area contributed by atoms with Gasteiger partial charge in [0.15, 0.2) is 0 Å². The highest BCUT2D eigenvalue weighted by molar-refractivity contribution is 6.32. The maximum Gasteiger partial charge on any atom is 0.129 e. The second kappa shape index (κ2) is 5.21. The lowest BCUT2D eigenvalue weighted by Gasteiger charge is -2.32. The second-order valence-corrected chi connectivity index (χ2v) is 4.53. The lowest BCUT2D eigenvalue weighted by atomic mass is 10.3. The minimum absolute atomic E-state index is 0.241. The van der Waals surface area contributed by atoms with Gasteiger partial charge in [-0.2, -0.15) is 0 Å². The number of morpholine rings is 1. The number of hydrogen-bond acceptors (Lipinski definition) is 3. The first-order chi connectivity index (χ1) is 7.70. The Labute approximate surface area is 105 Å². The first-order valence-electron chi connectivity index (χ1n) is 5.28. The fourth-order valence-corrected chi connectivity index (χ4v) is 2.21. The average Bonchev–Trinajstić information content (AvgIpc) is 2.29. The van der Waals surface area contributed by atoms with E-state index in [0.29, 0.717) is 10.9 Å². The lowest BCUT2D eigenvalue weighted by Crippen LogP contribution is -2.41. The Morgan fingerprint density at radius 1 is 1.56 bits per heavy atom. The largest absolute Gasteiger partial charge is 0.375 e. The van der Waals surface area contributed by atoms with E-state index in [2.05, 4.69) is 16.8 Å². The molecule has 1 aliphatic heterocycles. The number of ether oxygens (including phenoxy) is 1. The molecular weight excluding hydrogens is 247 g/mol. The van der Waals surface area contributed by atoms with Gasteiger partial charge in [-0.15, -0.1) is 11.6 Å². The van der Waals surface area contributed by atoms with E-state index < -0.39 is 0 Å². The predicted molar refractivity (Wildman–Crippen MR) is 66.4 cm³/mol. The van der Waals surface area contributed by atoms with Crippen LogP contribution < -0.4 is 4.90 Å². The molecule has 1 aromatic rings. The second-order valence-electron chi connectivity index (χ2n) is 3.86. The van der Waals surface area contributed by atoms with Crippen LogP contribution in [0.15, 0.2) is 12.1 Å². The smallest absolute Gasteiger partial charge is 0.129 e. The van der Waals surface area contributed by atoms with Gasteiger partial charge < -0.3 is 9.64 Å². The van der Waals surface area contributed by atoms with Crippen LogP contribution in [-0.4, -0.2) is 30.8 Å². The van der Waals surface area contributed by atoms with Gasteiger partial charge in [0, 0.05) is 13.1 Å². The Morgan fingerprint density at radius 3 is 3.06 bits per heavy atom. The summed E-state index contributed by atoms with van der Waals surface area (Å²) in [5.41, 5.74) is 0.736. The van der Waals surface area contributed by atoms with Gasteiger partial charge in [-0.25, -0.2) is 4.98 Å². The predicted octanol–water partition coefficient (Wildman–Crippen LogP) is 2.70. The molecule has 1 unspecified atom stereocenters. The number of pyridine rings is 1. The van der Waals surface area contributed by atoms with Crippen molar-refractivity contribution in [2.24, 2.45) is 0 Å². The molecule has 0 aliphatic carbocycles. The normalized spacial score (nSPS) is 21.2. The molecule has 1 saturated heterocycles. The van der Waals surface area contributed by atoms with Crippen molar-refractivity contribution in [3.8, 4) is 0 Å². The minimum atomic E-state index is 0.241. The van der Waals surface area contributed by atoms with Crippen molar-refractivity contribution < 1.29 is 4.74 Å². The van der Waals surface area contributed by atoms with Crippen LogP contribution in [0, 0.1) is 0 Å². The summed E-state index contributed by atoms with van der Waals surface area (Å²) in [6, 6.07) is 3.78. The number of halogens is 2. The van der Waals surface area contributed by atoms with E-state index >= 15 is 0 Å². The summed E-state index contributed by atoms with van der Waals surface area (Å²) in [6.45, 7) is 4.52. The van der Waals surface area contributed by atoms with E-state index in [0.717, 1.165) is 31.2 Å². The highest BCUT2D eigenvalue weighted by atomic mass is 35.5. The topological polar surface area (TPSA) is 25.4 Å². The SMILES string of the molecule is CC1CN(c2ccc(Cl)c(CCl)n2)CCO1. The molecule has 0 spiro atoms. The van der Waals surface area contributed by atoms with Crippen LogP contribution in [0.3, 0.4) is 0 Å². The number of hydrogen-bond donors (Lipinski definition) is 0. The molecule has 1 aromatic heterocycles.